The smallest absolute Gasteiger partial charge is 0.278 e. The molecule has 0 saturated heterocycles. The molecule has 2 aromatic rings. The van der Waals surface area contributed by atoms with Crippen LogP contribution in [0.3, 0.4) is 0 Å². The molecule has 150 valence electrons. The summed E-state index contributed by atoms with van der Waals surface area (Å²) in [7, 11) is 0. The summed E-state index contributed by atoms with van der Waals surface area (Å²) >= 11 is 0. The van der Waals surface area contributed by atoms with Crippen LogP contribution in [0.4, 0.5) is 20.2 Å². The number of carbonyl (C=O) groups is 3. The standard InChI is InChI=1S/C21H19F2N3O3/c1-3-10-26-20(28)18(13-4-6-14(7-5-13)24-12(2)27)19(21(26)29)25-15-8-9-16(22)17(23)11-15/h4-9,11,25H,3,10H2,1-2H3,(H,24,27). The number of hydrogen-bond donors (Lipinski definition) is 2. The lowest BCUT2D eigenvalue weighted by Crippen LogP contribution is -2.33. The molecular weight excluding hydrogens is 380 g/mol. The van der Waals surface area contributed by atoms with Gasteiger partial charge in [-0.2, -0.15) is 0 Å². The van der Waals surface area contributed by atoms with Crippen LogP contribution in [0.2, 0.25) is 0 Å². The highest BCUT2D eigenvalue weighted by molar-refractivity contribution is 6.36. The number of nitrogens with zero attached hydrogens (tertiary/aromatic N) is 1. The summed E-state index contributed by atoms with van der Waals surface area (Å²) in [5.41, 5.74) is 1.26. The molecule has 0 radical (unpaired) electrons. The van der Waals surface area contributed by atoms with Gasteiger partial charge in [-0.15, -0.1) is 0 Å². The Balaban J connectivity index is 2.03. The van der Waals surface area contributed by atoms with Gasteiger partial charge in [-0.25, -0.2) is 8.78 Å². The second kappa shape index (κ2) is 8.22. The third-order valence-corrected chi connectivity index (χ3v) is 4.30. The zero-order valence-corrected chi connectivity index (χ0v) is 15.9. The molecule has 29 heavy (non-hydrogen) atoms. The van der Waals surface area contributed by atoms with Gasteiger partial charge < -0.3 is 10.6 Å². The normalized spacial score (nSPS) is 13.9. The van der Waals surface area contributed by atoms with Gasteiger partial charge in [0.15, 0.2) is 11.6 Å². The van der Waals surface area contributed by atoms with Crippen molar-refractivity contribution in [3.05, 3.63) is 65.4 Å². The van der Waals surface area contributed by atoms with Crippen LogP contribution in [0, 0.1) is 11.6 Å². The van der Waals surface area contributed by atoms with Crippen molar-refractivity contribution in [1.29, 1.82) is 0 Å². The van der Waals surface area contributed by atoms with Gasteiger partial charge in [0, 0.05) is 30.9 Å². The maximum Gasteiger partial charge on any atom is 0.278 e. The molecule has 1 aliphatic heterocycles. The van der Waals surface area contributed by atoms with E-state index < -0.39 is 23.4 Å². The van der Waals surface area contributed by atoms with Gasteiger partial charge in [-0.1, -0.05) is 19.1 Å². The first-order valence-corrected chi connectivity index (χ1v) is 9.02. The zero-order valence-electron chi connectivity index (χ0n) is 15.9. The molecule has 3 rings (SSSR count). The van der Waals surface area contributed by atoms with Crippen molar-refractivity contribution in [2.45, 2.75) is 20.3 Å². The Hall–Kier alpha value is -3.55. The molecule has 0 aromatic heterocycles. The van der Waals surface area contributed by atoms with E-state index in [1.807, 2.05) is 6.92 Å². The molecule has 6 nitrogen and oxygen atoms in total. The Bertz CT molecular complexity index is 1020. The van der Waals surface area contributed by atoms with Crippen molar-refractivity contribution in [2.75, 3.05) is 17.2 Å². The largest absolute Gasteiger partial charge is 0.350 e. The van der Waals surface area contributed by atoms with Crippen LogP contribution in [0.5, 0.6) is 0 Å². The Morgan fingerprint density at radius 3 is 2.21 bits per heavy atom. The molecule has 0 fully saturated rings. The summed E-state index contributed by atoms with van der Waals surface area (Å²) in [6.07, 6.45) is 0.574. The molecule has 0 spiro atoms. The lowest BCUT2D eigenvalue weighted by molar-refractivity contribution is -0.136. The lowest BCUT2D eigenvalue weighted by atomic mass is 10.0. The van der Waals surface area contributed by atoms with Gasteiger partial charge in [0.25, 0.3) is 11.8 Å². The maximum atomic E-state index is 13.6. The molecule has 1 heterocycles. The van der Waals surface area contributed by atoms with Crippen LogP contribution < -0.4 is 10.6 Å². The predicted octanol–water partition coefficient (Wildman–Crippen LogP) is 3.53. The van der Waals surface area contributed by atoms with Crippen LogP contribution in [0.25, 0.3) is 5.57 Å². The summed E-state index contributed by atoms with van der Waals surface area (Å²) in [5, 5.41) is 5.39. The minimum absolute atomic E-state index is 0.0123. The van der Waals surface area contributed by atoms with E-state index in [9.17, 15) is 23.2 Å². The molecule has 3 amide bonds. The highest BCUT2D eigenvalue weighted by Gasteiger charge is 2.38. The zero-order chi connectivity index (χ0) is 21.1. The fourth-order valence-corrected chi connectivity index (χ4v) is 3.03. The van der Waals surface area contributed by atoms with Crippen molar-refractivity contribution in [3.8, 4) is 0 Å². The van der Waals surface area contributed by atoms with Gasteiger partial charge in [-0.3, -0.25) is 19.3 Å². The summed E-state index contributed by atoms with van der Waals surface area (Å²) in [4.78, 5) is 38.0. The van der Waals surface area contributed by atoms with Crippen molar-refractivity contribution >= 4 is 34.7 Å². The van der Waals surface area contributed by atoms with Crippen molar-refractivity contribution in [2.24, 2.45) is 0 Å². The van der Waals surface area contributed by atoms with E-state index in [1.165, 1.54) is 13.0 Å². The van der Waals surface area contributed by atoms with E-state index in [4.69, 9.17) is 0 Å². The number of carbonyl (C=O) groups excluding carboxylic acids is 3. The number of nitrogens with one attached hydrogen (secondary N) is 2. The predicted molar refractivity (Wildman–Crippen MR) is 105 cm³/mol. The van der Waals surface area contributed by atoms with E-state index in [-0.39, 0.29) is 29.4 Å². The summed E-state index contributed by atoms with van der Waals surface area (Å²) in [5.74, 6) is -3.34. The van der Waals surface area contributed by atoms with Gasteiger partial charge in [0.2, 0.25) is 5.91 Å². The number of benzene rings is 2. The molecule has 2 aromatic carbocycles. The molecule has 0 aliphatic carbocycles. The topological polar surface area (TPSA) is 78.5 Å². The van der Waals surface area contributed by atoms with Crippen molar-refractivity contribution in [3.63, 3.8) is 0 Å². The lowest BCUT2D eigenvalue weighted by Gasteiger charge is -2.13. The first-order valence-electron chi connectivity index (χ1n) is 9.02. The van der Waals surface area contributed by atoms with E-state index in [2.05, 4.69) is 10.6 Å². The van der Waals surface area contributed by atoms with Crippen LogP contribution in [-0.2, 0) is 14.4 Å². The van der Waals surface area contributed by atoms with Crippen molar-refractivity contribution in [1.82, 2.24) is 4.90 Å². The molecule has 0 bridgehead atoms. The molecular formula is C21H19F2N3O3. The number of halogens is 2. The van der Waals surface area contributed by atoms with Crippen LogP contribution in [0.1, 0.15) is 25.8 Å². The van der Waals surface area contributed by atoms with Gasteiger partial charge in [0.1, 0.15) is 5.70 Å². The molecule has 2 N–H and O–H groups in total. The monoisotopic (exact) mass is 399 g/mol. The van der Waals surface area contributed by atoms with Gasteiger partial charge >= 0.3 is 0 Å². The van der Waals surface area contributed by atoms with E-state index in [0.717, 1.165) is 17.0 Å². The highest BCUT2D eigenvalue weighted by atomic mass is 19.2. The molecule has 0 saturated carbocycles. The Morgan fingerprint density at radius 1 is 0.966 bits per heavy atom. The number of anilines is 2. The highest BCUT2D eigenvalue weighted by Crippen LogP contribution is 2.31. The number of imide groups is 1. The van der Waals surface area contributed by atoms with Gasteiger partial charge in [-0.05, 0) is 36.2 Å². The maximum absolute atomic E-state index is 13.6. The van der Waals surface area contributed by atoms with Crippen LogP contribution >= 0.6 is 0 Å². The number of amides is 3. The summed E-state index contributed by atoms with van der Waals surface area (Å²) < 4.78 is 26.8. The van der Waals surface area contributed by atoms with E-state index >= 15 is 0 Å². The SMILES string of the molecule is CCCN1C(=O)C(Nc2ccc(F)c(F)c2)=C(c2ccc(NC(C)=O)cc2)C1=O. The van der Waals surface area contributed by atoms with Crippen LogP contribution in [-0.4, -0.2) is 29.2 Å². The fraction of sp³-hybridized carbons (Fsp3) is 0.190. The number of hydrogen-bond acceptors (Lipinski definition) is 4. The molecule has 0 unspecified atom stereocenters. The average Bonchev–Trinajstić information content (AvgIpc) is 2.90. The van der Waals surface area contributed by atoms with Crippen molar-refractivity contribution < 1.29 is 23.2 Å². The third-order valence-electron chi connectivity index (χ3n) is 4.30. The average molecular weight is 399 g/mol. The quantitative estimate of drug-likeness (QED) is 0.729. The van der Waals surface area contributed by atoms with Gasteiger partial charge in [0.05, 0.1) is 5.57 Å². The summed E-state index contributed by atoms with van der Waals surface area (Å²) in [6.45, 7) is 3.44. The second-order valence-corrected chi connectivity index (χ2v) is 6.52. The first-order chi connectivity index (χ1) is 13.8. The Labute approximate surface area is 166 Å². The van der Waals surface area contributed by atoms with Crippen LogP contribution in [0.15, 0.2) is 48.2 Å². The molecule has 0 atom stereocenters. The summed E-state index contributed by atoms with van der Waals surface area (Å²) in [6, 6.07) is 9.56. The fourth-order valence-electron chi connectivity index (χ4n) is 3.03. The molecule has 1 aliphatic rings. The second-order valence-electron chi connectivity index (χ2n) is 6.52. The minimum atomic E-state index is -1.07. The Kier molecular flexibility index (Phi) is 5.72. The van der Waals surface area contributed by atoms with E-state index in [1.54, 1.807) is 24.3 Å². The third kappa shape index (κ3) is 4.16. The number of rotatable bonds is 6. The minimum Gasteiger partial charge on any atom is -0.350 e. The first kappa shape index (κ1) is 20.2. The van der Waals surface area contributed by atoms with E-state index in [0.29, 0.717) is 17.7 Å². The Morgan fingerprint density at radius 2 is 1.62 bits per heavy atom. The molecule has 8 heteroatoms.